The summed E-state index contributed by atoms with van der Waals surface area (Å²) in [6.45, 7) is 1.84. The summed E-state index contributed by atoms with van der Waals surface area (Å²) in [7, 11) is 0. The maximum Gasteiger partial charge on any atom is 0.267 e. The van der Waals surface area contributed by atoms with Gasteiger partial charge in [-0.05, 0) is 25.1 Å². The van der Waals surface area contributed by atoms with Crippen molar-refractivity contribution in [1.29, 1.82) is 0 Å². The molecule has 0 fully saturated rings. The van der Waals surface area contributed by atoms with Gasteiger partial charge in [0.05, 0.1) is 11.8 Å². The summed E-state index contributed by atoms with van der Waals surface area (Å²) >= 11 is 0. The van der Waals surface area contributed by atoms with Gasteiger partial charge in [0.15, 0.2) is 0 Å². The highest BCUT2D eigenvalue weighted by Crippen LogP contribution is 2.21. The van der Waals surface area contributed by atoms with Crippen LogP contribution in [-0.2, 0) is 6.42 Å². The lowest BCUT2D eigenvalue weighted by Gasteiger charge is -2.11. The monoisotopic (exact) mass is 304 g/mol. The minimum atomic E-state index is -0.596. The minimum absolute atomic E-state index is 0.00799. The van der Waals surface area contributed by atoms with Crippen molar-refractivity contribution in [2.45, 2.75) is 19.4 Å². The van der Waals surface area contributed by atoms with Crippen LogP contribution in [-0.4, -0.2) is 26.9 Å². The molecule has 0 aliphatic carbocycles. The number of amides is 1. The summed E-state index contributed by atoms with van der Waals surface area (Å²) < 4.78 is 27.2. The van der Waals surface area contributed by atoms with Crippen LogP contribution in [0.5, 0.6) is 0 Å². The summed E-state index contributed by atoms with van der Waals surface area (Å²) in [5.41, 5.74) is 1.00. The van der Waals surface area contributed by atoms with Crippen LogP contribution >= 0.6 is 0 Å². The van der Waals surface area contributed by atoms with E-state index in [1.807, 2.05) is 6.92 Å². The molecule has 2 aromatic heterocycles. The van der Waals surface area contributed by atoms with Crippen LogP contribution in [0.1, 0.15) is 23.1 Å². The summed E-state index contributed by atoms with van der Waals surface area (Å²) in [4.78, 5) is 21.6. The normalized spacial score (nSPS) is 12.5. The Morgan fingerprint density at radius 2 is 2.14 bits per heavy atom. The summed E-state index contributed by atoms with van der Waals surface area (Å²) in [6, 6.07) is 3.21. The van der Waals surface area contributed by atoms with Crippen molar-refractivity contribution < 1.29 is 13.6 Å². The molecule has 0 radical (unpaired) electrons. The van der Waals surface area contributed by atoms with Crippen molar-refractivity contribution in [3.8, 4) is 0 Å². The molecule has 7 heteroatoms. The highest BCUT2D eigenvalue weighted by Gasteiger charge is 2.16. The molecule has 0 saturated carbocycles. The van der Waals surface area contributed by atoms with Gasteiger partial charge < -0.3 is 15.3 Å². The van der Waals surface area contributed by atoms with E-state index in [2.05, 4.69) is 20.3 Å². The molecule has 0 aliphatic heterocycles. The van der Waals surface area contributed by atoms with Crippen molar-refractivity contribution in [2.75, 3.05) is 0 Å². The van der Waals surface area contributed by atoms with E-state index in [1.165, 1.54) is 6.07 Å². The Morgan fingerprint density at radius 3 is 2.82 bits per heavy atom. The number of nitrogens with one attached hydrogen (secondary N) is 3. The molecule has 1 atom stereocenters. The molecule has 0 spiro atoms. The van der Waals surface area contributed by atoms with E-state index in [-0.39, 0.29) is 22.6 Å². The van der Waals surface area contributed by atoms with Gasteiger partial charge in [-0.3, -0.25) is 4.79 Å². The first-order valence-electron chi connectivity index (χ1n) is 6.79. The number of nitrogens with zero attached hydrogens (tertiary/aromatic N) is 1. The molecule has 0 bridgehead atoms. The van der Waals surface area contributed by atoms with Crippen LogP contribution in [0.3, 0.4) is 0 Å². The van der Waals surface area contributed by atoms with Crippen LogP contribution in [0.2, 0.25) is 0 Å². The Labute approximate surface area is 124 Å². The van der Waals surface area contributed by atoms with Gasteiger partial charge in [-0.25, -0.2) is 13.8 Å². The summed E-state index contributed by atoms with van der Waals surface area (Å²) in [6.07, 6.45) is 3.82. The van der Waals surface area contributed by atoms with E-state index in [9.17, 15) is 13.6 Å². The van der Waals surface area contributed by atoms with Gasteiger partial charge in [-0.15, -0.1) is 0 Å². The highest BCUT2D eigenvalue weighted by molar-refractivity contribution is 5.98. The molecule has 5 nitrogen and oxygen atoms in total. The molecule has 3 rings (SSSR count). The number of hydrogen-bond donors (Lipinski definition) is 3. The number of H-pyrrole nitrogens is 2. The number of imidazole rings is 1. The van der Waals surface area contributed by atoms with Crippen molar-refractivity contribution in [3.63, 3.8) is 0 Å². The number of benzene rings is 1. The van der Waals surface area contributed by atoms with Crippen molar-refractivity contribution in [3.05, 3.63) is 53.7 Å². The number of rotatable bonds is 4. The van der Waals surface area contributed by atoms with E-state index in [0.717, 1.165) is 17.8 Å². The number of carbonyl (C=O) groups excluding carboxylic acids is 1. The zero-order valence-corrected chi connectivity index (χ0v) is 11.8. The average molecular weight is 304 g/mol. The topological polar surface area (TPSA) is 73.6 Å². The Hall–Kier alpha value is -2.70. The Bertz CT molecular complexity index is 771. The molecular formula is C15H14F2N4O. The third-order valence-corrected chi connectivity index (χ3v) is 3.39. The van der Waals surface area contributed by atoms with Crippen molar-refractivity contribution in [1.82, 2.24) is 20.3 Å². The van der Waals surface area contributed by atoms with Crippen molar-refractivity contribution >= 4 is 16.8 Å². The number of aromatic amines is 2. The van der Waals surface area contributed by atoms with Crippen LogP contribution in [0, 0.1) is 11.6 Å². The smallest absolute Gasteiger partial charge is 0.267 e. The van der Waals surface area contributed by atoms with Gasteiger partial charge in [-0.1, -0.05) is 0 Å². The third kappa shape index (κ3) is 2.69. The second kappa shape index (κ2) is 5.59. The lowest BCUT2D eigenvalue weighted by atomic mass is 10.2. The molecule has 2 heterocycles. The Balaban J connectivity index is 1.77. The fourth-order valence-corrected chi connectivity index (χ4v) is 2.35. The van der Waals surface area contributed by atoms with Crippen LogP contribution in [0.4, 0.5) is 8.78 Å². The predicted octanol–water partition coefficient (Wildman–Crippen LogP) is 2.53. The number of halogens is 2. The highest BCUT2D eigenvalue weighted by atomic mass is 19.1. The van der Waals surface area contributed by atoms with Gasteiger partial charge in [-0.2, -0.15) is 0 Å². The van der Waals surface area contributed by atoms with E-state index in [0.29, 0.717) is 6.42 Å². The molecular weight excluding hydrogens is 290 g/mol. The number of carbonyl (C=O) groups is 1. The maximum absolute atomic E-state index is 13.6. The zero-order chi connectivity index (χ0) is 15.7. The first-order valence-corrected chi connectivity index (χ1v) is 6.79. The lowest BCUT2D eigenvalue weighted by molar-refractivity contribution is 0.0936. The second-order valence-corrected chi connectivity index (χ2v) is 5.16. The quantitative estimate of drug-likeness (QED) is 0.693. The fourth-order valence-electron chi connectivity index (χ4n) is 2.35. The molecule has 22 heavy (non-hydrogen) atoms. The second-order valence-electron chi connectivity index (χ2n) is 5.16. The number of hydrogen-bond acceptors (Lipinski definition) is 2. The number of aromatic nitrogens is 3. The zero-order valence-electron chi connectivity index (χ0n) is 11.8. The molecule has 1 aromatic carbocycles. The summed E-state index contributed by atoms with van der Waals surface area (Å²) in [5.74, 6) is -1.58. The third-order valence-electron chi connectivity index (χ3n) is 3.39. The Morgan fingerprint density at radius 1 is 1.36 bits per heavy atom. The SMILES string of the molecule is CC(Cc1cnc[nH]1)NC(=O)c1cc2c(F)ccc(F)c2[nH]1. The van der Waals surface area contributed by atoms with Crippen LogP contribution < -0.4 is 5.32 Å². The molecule has 1 amide bonds. The van der Waals surface area contributed by atoms with Gasteiger partial charge in [0, 0.05) is 29.7 Å². The molecule has 3 N–H and O–H groups in total. The largest absolute Gasteiger partial charge is 0.348 e. The van der Waals surface area contributed by atoms with E-state index in [1.54, 1.807) is 12.5 Å². The van der Waals surface area contributed by atoms with Crippen LogP contribution in [0.15, 0.2) is 30.7 Å². The maximum atomic E-state index is 13.6. The summed E-state index contributed by atoms with van der Waals surface area (Å²) in [5, 5.41) is 2.83. The molecule has 0 saturated heterocycles. The van der Waals surface area contributed by atoms with Crippen molar-refractivity contribution in [2.24, 2.45) is 0 Å². The first kappa shape index (κ1) is 14.2. The number of fused-ring (bicyclic) bond motifs is 1. The van der Waals surface area contributed by atoms with Gasteiger partial charge >= 0.3 is 0 Å². The van der Waals surface area contributed by atoms with Gasteiger partial charge in [0.1, 0.15) is 17.3 Å². The predicted molar refractivity (Wildman–Crippen MR) is 77.4 cm³/mol. The Kier molecular flexibility index (Phi) is 3.62. The average Bonchev–Trinajstić information content (AvgIpc) is 3.12. The molecule has 114 valence electrons. The van der Waals surface area contributed by atoms with Crippen LogP contribution in [0.25, 0.3) is 10.9 Å². The molecule has 1 unspecified atom stereocenters. The van der Waals surface area contributed by atoms with E-state index < -0.39 is 17.5 Å². The van der Waals surface area contributed by atoms with E-state index >= 15 is 0 Å². The minimum Gasteiger partial charge on any atom is -0.348 e. The molecule has 3 aromatic rings. The van der Waals surface area contributed by atoms with Gasteiger partial charge in [0.2, 0.25) is 0 Å². The van der Waals surface area contributed by atoms with Gasteiger partial charge in [0.25, 0.3) is 5.91 Å². The molecule has 0 aliphatic rings. The van der Waals surface area contributed by atoms with E-state index in [4.69, 9.17) is 0 Å². The first-order chi connectivity index (χ1) is 10.5. The lowest BCUT2D eigenvalue weighted by Crippen LogP contribution is -2.34. The fraction of sp³-hybridized carbons (Fsp3) is 0.200. The standard InChI is InChI=1S/C15H14F2N4O/c1-8(4-9-6-18-7-19-9)20-15(22)13-5-10-11(16)2-3-12(17)14(10)21-13/h2-3,5-8,21H,4H2,1H3,(H,18,19)(H,20,22).